The molecule has 0 saturated heterocycles. The minimum atomic E-state index is -3.68. The quantitative estimate of drug-likeness (QED) is 0.233. The Kier molecular flexibility index (Phi) is 9.53. The standard InChI is InChI=1S/C19H21F3N6O3S2.C2H4O2/c1-3-12-6-13-15(23-18(24-16(13)33-12)31-10-32-9-30-11(2)29)27-4-5-28-14(7-27)25-26-17(28)19(21,22)8-20;1-2(3)4/h6H,3-5,7-10H2,1-2H3;1H3,(H,3,4). The smallest absolute Gasteiger partial charge is 0.334 e. The van der Waals surface area contributed by atoms with Gasteiger partial charge in [-0.05, 0) is 12.5 Å². The average molecular weight is 563 g/mol. The highest BCUT2D eigenvalue weighted by atomic mass is 32.2. The van der Waals surface area contributed by atoms with Crippen molar-refractivity contribution in [3.63, 3.8) is 0 Å². The molecule has 37 heavy (non-hydrogen) atoms. The highest BCUT2D eigenvalue weighted by molar-refractivity contribution is 7.99. The van der Waals surface area contributed by atoms with E-state index >= 15 is 0 Å². The fraction of sp³-hybridized carbons (Fsp3) is 0.524. The molecule has 4 rings (SSSR count). The molecule has 11 nitrogen and oxygen atoms in total. The van der Waals surface area contributed by atoms with Crippen LogP contribution in [0, 0.1) is 0 Å². The second-order valence-electron chi connectivity index (χ2n) is 7.71. The van der Waals surface area contributed by atoms with E-state index in [0.717, 1.165) is 28.4 Å². The number of hydrogen-bond donors (Lipinski definition) is 1. The van der Waals surface area contributed by atoms with Gasteiger partial charge in [0.25, 0.3) is 5.97 Å². The first kappa shape index (κ1) is 28.4. The summed E-state index contributed by atoms with van der Waals surface area (Å²) in [5.41, 5.74) is 0. The summed E-state index contributed by atoms with van der Waals surface area (Å²) < 4.78 is 52.3. The molecule has 0 amide bonds. The van der Waals surface area contributed by atoms with Crippen molar-refractivity contribution >= 4 is 51.1 Å². The van der Waals surface area contributed by atoms with E-state index in [0.29, 0.717) is 18.2 Å². The Morgan fingerprint density at radius 1 is 1.22 bits per heavy atom. The number of aryl methyl sites for hydroxylation is 1. The van der Waals surface area contributed by atoms with E-state index in [2.05, 4.69) is 20.2 Å². The molecular formula is C21H25F3N6O5S2. The SMILES string of the molecule is CC(=O)O.CCc1cc2c(N3CCn4c(nnc4C(F)(F)CF)C3)nc(OCSCOC(C)=O)nc2s1. The van der Waals surface area contributed by atoms with Gasteiger partial charge in [0.1, 0.15) is 22.5 Å². The van der Waals surface area contributed by atoms with Gasteiger partial charge in [-0.3, -0.25) is 9.59 Å². The minimum absolute atomic E-state index is 0.150. The Morgan fingerprint density at radius 2 is 1.95 bits per heavy atom. The van der Waals surface area contributed by atoms with Gasteiger partial charge in [0.15, 0.2) is 12.5 Å². The van der Waals surface area contributed by atoms with Gasteiger partial charge in [-0.15, -0.1) is 21.5 Å². The molecule has 1 N–H and O–H groups in total. The molecule has 3 aromatic heterocycles. The summed E-state index contributed by atoms with van der Waals surface area (Å²) in [5.74, 6) is -4.31. The number of carboxylic acids is 1. The van der Waals surface area contributed by atoms with Gasteiger partial charge < -0.3 is 24.0 Å². The monoisotopic (exact) mass is 562 g/mol. The first-order chi connectivity index (χ1) is 17.6. The summed E-state index contributed by atoms with van der Waals surface area (Å²) in [5, 5.41) is 15.7. The number of halogens is 3. The summed E-state index contributed by atoms with van der Waals surface area (Å²) in [7, 11) is 0. The van der Waals surface area contributed by atoms with E-state index in [1.54, 1.807) is 0 Å². The number of thioether (sulfide) groups is 1. The lowest BCUT2D eigenvalue weighted by molar-refractivity contribution is -0.138. The number of rotatable bonds is 9. The summed E-state index contributed by atoms with van der Waals surface area (Å²) >= 11 is 2.78. The van der Waals surface area contributed by atoms with Crippen LogP contribution in [0.1, 0.15) is 37.3 Å². The van der Waals surface area contributed by atoms with E-state index in [-0.39, 0.29) is 36.9 Å². The number of hydrogen-bond acceptors (Lipinski definition) is 11. The van der Waals surface area contributed by atoms with Crippen molar-refractivity contribution in [2.75, 3.05) is 30.0 Å². The number of aromatic nitrogens is 5. The van der Waals surface area contributed by atoms with Crippen LogP contribution >= 0.6 is 23.1 Å². The molecule has 0 fully saturated rings. The van der Waals surface area contributed by atoms with Crippen LogP contribution in [0.5, 0.6) is 6.01 Å². The lowest BCUT2D eigenvalue weighted by Crippen LogP contribution is -2.36. The number of aliphatic carboxylic acids is 1. The number of alkyl halides is 3. The topological polar surface area (TPSA) is 133 Å². The third-order valence-corrected chi connectivity index (χ3v) is 6.66. The molecule has 3 aromatic rings. The van der Waals surface area contributed by atoms with E-state index in [4.69, 9.17) is 19.4 Å². The summed E-state index contributed by atoms with van der Waals surface area (Å²) in [6, 6.07) is 2.17. The number of carbonyl (C=O) groups is 2. The molecule has 202 valence electrons. The zero-order chi connectivity index (χ0) is 27.2. The molecule has 0 unspecified atom stereocenters. The zero-order valence-electron chi connectivity index (χ0n) is 20.2. The third-order valence-electron chi connectivity index (χ3n) is 4.92. The maximum Gasteiger partial charge on any atom is 0.334 e. The maximum atomic E-state index is 13.9. The number of anilines is 1. The Labute approximate surface area is 218 Å². The maximum absolute atomic E-state index is 13.9. The average Bonchev–Trinajstić information content (AvgIpc) is 3.46. The van der Waals surface area contributed by atoms with Crippen LogP contribution in [0.3, 0.4) is 0 Å². The predicted molar refractivity (Wildman–Crippen MR) is 131 cm³/mol. The molecule has 16 heteroatoms. The number of fused-ring (bicyclic) bond motifs is 2. The molecule has 0 radical (unpaired) electrons. The third kappa shape index (κ3) is 7.21. The van der Waals surface area contributed by atoms with Crippen LogP contribution in [0.25, 0.3) is 10.2 Å². The van der Waals surface area contributed by atoms with E-state index < -0.39 is 24.4 Å². The van der Waals surface area contributed by atoms with E-state index in [9.17, 15) is 18.0 Å². The first-order valence-corrected chi connectivity index (χ1v) is 13.0. The van der Waals surface area contributed by atoms with Crippen molar-refractivity contribution in [1.29, 1.82) is 0 Å². The van der Waals surface area contributed by atoms with Gasteiger partial charge in [0, 0.05) is 31.8 Å². The highest BCUT2D eigenvalue weighted by Gasteiger charge is 2.40. The molecule has 0 aliphatic carbocycles. The van der Waals surface area contributed by atoms with Crippen molar-refractivity contribution in [1.82, 2.24) is 24.7 Å². The van der Waals surface area contributed by atoms with Crippen LogP contribution in [-0.4, -0.2) is 66.9 Å². The number of thiophene rings is 1. The number of ether oxygens (including phenoxy) is 2. The lowest BCUT2D eigenvalue weighted by atomic mass is 10.2. The molecule has 1 aliphatic rings. The van der Waals surface area contributed by atoms with Gasteiger partial charge >= 0.3 is 17.9 Å². The van der Waals surface area contributed by atoms with Crippen LogP contribution in [0.2, 0.25) is 0 Å². The number of esters is 1. The first-order valence-electron chi connectivity index (χ1n) is 11.0. The van der Waals surface area contributed by atoms with Crippen molar-refractivity contribution in [2.45, 2.75) is 46.2 Å². The zero-order valence-corrected chi connectivity index (χ0v) is 21.9. The van der Waals surface area contributed by atoms with Gasteiger partial charge in [0.05, 0.1) is 11.9 Å². The highest BCUT2D eigenvalue weighted by Crippen LogP contribution is 2.35. The molecular weight excluding hydrogens is 537 g/mol. The normalized spacial score (nSPS) is 13.1. The largest absolute Gasteiger partial charge is 0.481 e. The van der Waals surface area contributed by atoms with Crippen molar-refractivity contribution in [3.05, 3.63) is 22.6 Å². The van der Waals surface area contributed by atoms with Crippen LogP contribution in [0.15, 0.2) is 6.07 Å². The molecule has 0 spiro atoms. The van der Waals surface area contributed by atoms with Gasteiger partial charge in [0.2, 0.25) is 5.82 Å². The molecule has 0 aromatic carbocycles. The fourth-order valence-electron chi connectivity index (χ4n) is 3.34. The molecule has 0 bridgehead atoms. The fourth-order valence-corrected chi connectivity index (χ4v) is 4.80. The van der Waals surface area contributed by atoms with Crippen LogP contribution in [-0.2, 0) is 39.8 Å². The predicted octanol–water partition coefficient (Wildman–Crippen LogP) is 3.61. The van der Waals surface area contributed by atoms with Gasteiger partial charge in [-0.2, -0.15) is 18.7 Å². The Balaban J connectivity index is 0.000000886. The second-order valence-corrected chi connectivity index (χ2v) is 9.70. The number of nitrogens with zero attached hydrogens (tertiary/aromatic N) is 6. The lowest BCUT2D eigenvalue weighted by Gasteiger charge is -2.29. The number of carboxylic acid groups (broad SMARTS) is 1. The Hall–Kier alpha value is -3.14. The molecule has 0 atom stereocenters. The molecule has 0 saturated carbocycles. The van der Waals surface area contributed by atoms with Crippen molar-refractivity contribution in [3.8, 4) is 6.01 Å². The van der Waals surface area contributed by atoms with Crippen LogP contribution < -0.4 is 9.64 Å². The van der Waals surface area contributed by atoms with Crippen molar-refractivity contribution in [2.24, 2.45) is 0 Å². The van der Waals surface area contributed by atoms with Crippen LogP contribution in [0.4, 0.5) is 19.0 Å². The van der Waals surface area contributed by atoms with Crippen molar-refractivity contribution < 1.29 is 37.3 Å². The summed E-state index contributed by atoms with van der Waals surface area (Å²) in [4.78, 5) is 32.7. The summed E-state index contributed by atoms with van der Waals surface area (Å²) in [6.07, 6.45) is 0.824. The Bertz CT molecular complexity index is 1250. The van der Waals surface area contributed by atoms with E-state index in [1.165, 1.54) is 34.6 Å². The molecule has 1 aliphatic heterocycles. The summed E-state index contributed by atoms with van der Waals surface area (Å²) in [6.45, 7) is 3.32. The van der Waals surface area contributed by atoms with Gasteiger partial charge in [-0.25, -0.2) is 4.39 Å². The molecule has 4 heterocycles. The van der Waals surface area contributed by atoms with E-state index in [1.807, 2.05) is 17.9 Å². The Morgan fingerprint density at radius 3 is 2.59 bits per heavy atom. The second kappa shape index (κ2) is 12.4. The number of carbonyl (C=O) groups excluding carboxylic acids is 1. The van der Waals surface area contributed by atoms with Gasteiger partial charge in [-0.1, -0.05) is 18.7 Å². The minimum Gasteiger partial charge on any atom is -0.481 e.